The first-order chi connectivity index (χ1) is 6.74. The second-order valence-electron chi connectivity index (χ2n) is 3.22. The lowest BCUT2D eigenvalue weighted by Gasteiger charge is -2.13. The standard InChI is InChI=1S/C11H14O3/c12-7-6-10(8-11(13)14)9-4-2-1-3-5-9/h1-5,10,12H,6-8H2,(H,13,14). The van der Waals surface area contributed by atoms with Crippen molar-refractivity contribution in [1.29, 1.82) is 0 Å². The number of hydrogen-bond acceptors (Lipinski definition) is 2. The van der Waals surface area contributed by atoms with Crippen LogP contribution in [0.25, 0.3) is 0 Å². The summed E-state index contributed by atoms with van der Waals surface area (Å²) in [6, 6.07) is 9.43. The van der Waals surface area contributed by atoms with E-state index in [9.17, 15) is 4.79 Å². The first-order valence-electron chi connectivity index (χ1n) is 4.61. The lowest BCUT2D eigenvalue weighted by atomic mass is 9.93. The Hall–Kier alpha value is -1.35. The SMILES string of the molecule is O=C(O)CC(CCO)c1ccccc1. The average molecular weight is 194 g/mol. The number of aliphatic hydroxyl groups excluding tert-OH is 1. The molecule has 0 spiro atoms. The lowest BCUT2D eigenvalue weighted by molar-refractivity contribution is -0.137. The summed E-state index contributed by atoms with van der Waals surface area (Å²) in [4.78, 5) is 10.6. The third-order valence-electron chi connectivity index (χ3n) is 2.17. The Kier molecular flexibility index (Phi) is 4.13. The molecule has 0 saturated carbocycles. The molecule has 0 aliphatic carbocycles. The van der Waals surface area contributed by atoms with Crippen molar-refractivity contribution >= 4 is 5.97 Å². The monoisotopic (exact) mass is 194 g/mol. The van der Waals surface area contributed by atoms with Crippen LogP contribution in [-0.2, 0) is 4.79 Å². The van der Waals surface area contributed by atoms with Crippen LogP contribution in [0, 0.1) is 0 Å². The Morgan fingerprint density at radius 1 is 1.29 bits per heavy atom. The zero-order chi connectivity index (χ0) is 10.4. The van der Waals surface area contributed by atoms with Crippen LogP contribution >= 0.6 is 0 Å². The summed E-state index contributed by atoms with van der Waals surface area (Å²) in [7, 11) is 0. The van der Waals surface area contributed by atoms with Crippen LogP contribution in [0.5, 0.6) is 0 Å². The maximum atomic E-state index is 10.6. The molecule has 14 heavy (non-hydrogen) atoms. The number of carboxylic acid groups (broad SMARTS) is 1. The summed E-state index contributed by atoms with van der Waals surface area (Å²) in [6.07, 6.45) is 0.570. The number of aliphatic carboxylic acids is 1. The minimum atomic E-state index is -0.827. The van der Waals surface area contributed by atoms with Crippen molar-refractivity contribution in [2.24, 2.45) is 0 Å². The first kappa shape index (κ1) is 10.7. The summed E-state index contributed by atoms with van der Waals surface area (Å²) < 4.78 is 0. The number of carbonyl (C=O) groups is 1. The maximum absolute atomic E-state index is 10.6. The number of benzene rings is 1. The molecule has 0 aliphatic heterocycles. The van der Waals surface area contributed by atoms with Crippen molar-refractivity contribution in [3.05, 3.63) is 35.9 Å². The fourth-order valence-corrected chi connectivity index (χ4v) is 1.48. The fraction of sp³-hybridized carbons (Fsp3) is 0.364. The molecule has 0 saturated heterocycles. The molecule has 1 rings (SSSR count). The van der Waals surface area contributed by atoms with Gasteiger partial charge in [0.25, 0.3) is 0 Å². The Labute approximate surface area is 83.0 Å². The normalized spacial score (nSPS) is 12.4. The van der Waals surface area contributed by atoms with Gasteiger partial charge in [0.15, 0.2) is 0 Å². The number of hydrogen-bond donors (Lipinski definition) is 2. The molecule has 0 aromatic heterocycles. The predicted octanol–water partition coefficient (Wildman–Crippen LogP) is 1.63. The topological polar surface area (TPSA) is 57.5 Å². The van der Waals surface area contributed by atoms with Crippen LogP contribution in [0.3, 0.4) is 0 Å². The number of carboxylic acids is 1. The molecule has 3 heteroatoms. The molecule has 76 valence electrons. The van der Waals surface area contributed by atoms with E-state index in [1.54, 1.807) is 0 Å². The third-order valence-corrected chi connectivity index (χ3v) is 2.17. The highest BCUT2D eigenvalue weighted by atomic mass is 16.4. The summed E-state index contributed by atoms with van der Waals surface area (Å²) in [5.41, 5.74) is 0.976. The van der Waals surface area contributed by atoms with Crippen LogP contribution in [-0.4, -0.2) is 22.8 Å². The molecule has 1 aromatic carbocycles. The van der Waals surface area contributed by atoms with E-state index < -0.39 is 5.97 Å². The summed E-state index contributed by atoms with van der Waals surface area (Å²) in [5, 5.41) is 17.5. The highest BCUT2D eigenvalue weighted by molar-refractivity contribution is 5.68. The van der Waals surface area contributed by atoms with E-state index in [1.165, 1.54) is 0 Å². The molecule has 1 unspecified atom stereocenters. The van der Waals surface area contributed by atoms with Gasteiger partial charge in [-0.25, -0.2) is 0 Å². The summed E-state index contributed by atoms with van der Waals surface area (Å²) in [6.45, 7) is 0.0207. The average Bonchev–Trinajstić information content (AvgIpc) is 2.18. The van der Waals surface area contributed by atoms with Crippen LogP contribution in [0.4, 0.5) is 0 Å². The second-order valence-corrected chi connectivity index (χ2v) is 3.22. The first-order valence-corrected chi connectivity index (χ1v) is 4.61. The molecular weight excluding hydrogens is 180 g/mol. The van der Waals surface area contributed by atoms with E-state index in [4.69, 9.17) is 10.2 Å². The maximum Gasteiger partial charge on any atom is 0.303 e. The van der Waals surface area contributed by atoms with Crippen LogP contribution < -0.4 is 0 Å². The van der Waals surface area contributed by atoms with Gasteiger partial charge in [0.1, 0.15) is 0 Å². The molecule has 3 nitrogen and oxygen atoms in total. The largest absolute Gasteiger partial charge is 0.481 e. The summed E-state index contributed by atoms with van der Waals surface area (Å²) >= 11 is 0. The van der Waals surface area contributed by atoms with Gasteiger partial charge in [-0.15, -0.1) is 0 Å². The molecule has 1 atom stereocenters. The Morgan fingerprint density at radius 3 is 2.43 bits per heavy atom. The second kappa shape index (κ2) is 5.40. The highest BCUT2D eigenvalue weighted by Gasteiger charge is 2.14. The molecule has 0 amide bonds. The fourth-order valence-electron chi connectivity index (χ4n) is 1.48. The van der Waals surface area contributed by atoms with Crippen LogP contribution in [0.15, 0.2) is 30.3 Å². The number of aliphatic hydroxyl groups is 1. The van der Waals surface area contributed by atoms with Crippen molar-refractivity contribution < 1.29 is 15.0 Å². The minimum Gasteiger partial charge on any atom is -0.481 e. The molecule has 2 N–H and O–H groups in total. The van der Waals surface area contributed by atoms with E-state index >= 15 is 0 Å². The smallest absolute Gasteiger partial charge is 0.303 e. The van der Waals surface area contributed by atoms with Gasteiger partial charge in [-0.3, -0.25) is 4.79 Å². The van der Waals surface area contributed by atoms with Gasteiger partial charge in [0, 0.05) is 6.61 Å². The van der Waals surface area contributed by atoms with Crippen molar-refractivity contribution in [3.8, 4) is 0 Å². The predicted molar refractivity (Wildman–Crippen MR) is 53.1 cm³/mol. The van der Waals surface area contributed by atoms with Gasteiger partial charge in [0.2, 0.25) is 0 Å². The van der Waals surface area contributed by atoms with Gasteiger partial charge in [0.05, 0.1) is 6.42 Å². The molecule has 0 fully saturated rings. The van der Waals surface area contributed by atoms with E-state index in [-0.39, 0.29) is 18.9 Å². The Balaban J connectivity index is 2.72. The van der Waals surface area contributed by atoms with Crippen molar-refractivity contribution in [2.45, 2.75) is 18.8 Å². The zero-order valence-electron chi connectivity index (χ0n) is 7.89. The Morgan fingerprint density at radius 2 is 1.93 bits per heavy atom. The van der Waals surface area contributed by atoms with Gasteiger partial charge in [-0.1, -0.05) is 30.3 Å². The van der Waals surface area contributed by atoms with Crippen LogP contribution in [0.2, 0.25) is 0 Å². The number of rotatable bonds is 5. The van der Waals surface area contributed by atoms with Gasteiger partial charge in [-0.2, -0.15) is 0 Å². The van der Waals surface area contributed by atoms with Crippen molar-refractivity contribution in [1.82, 2.24) is 0 Å². The summed E-state index contributed by atoms with van der Waals surface area (Å²) in [5.74, 6) is -0.911. The molecule has 0 bridgehead atoms. The van der Waals surface area contributed by atoms with E-state index in [1.807, 2.05) is 30.3 Å². The molecule has 0 radical (unpaired) electrons. The molecular formula is C11H14O3. The van der Waals surface area contributed by atoms with Crippen LogP contribution in [0.1, 0.15) is 24.3 Å². The van der Waals surface area contributed by atoms with E-state index in [0.717, 1.165) is 5.56 Å². The Bertz CT molecular complexity index is 282. The third kappa shape index (κ3) is 3.18. The van der Waals surface area contributed by atoms with Crippen molar-refractivity contribution in [3.63, 3.8) is 0 Å². The zero-order valence-corrected chi connectivity index (χ0v) is 7.89. The van der Waals surface area contributed by atoms with Gasteiger partial charge in [-0.05, 0) is 17.9 Å². The highest BCUT2D eigenvalue weighted by Crippen LogP contribution is 2.22. The van der Waals surface area contributed by atoms with E-state index in [0.29, 0.717) is 6.42 Å². The minimum absolute atomic E-state index is 0.0207. The lowest BCUT2D eigenvalue weighted by Crippen LogP contribution is -2.07. The molecule has 0 aliphatic rings. The van der Waals surface area contributed by atoms with Gasteiger partial charge < -0.3 is 10.2 Å². The van der Waals surface area contributed by atoms with Gasteiger partial charge >= 0.3 is 5.97 Å². The van der Waals surface area contributed by atoms with E-state index in [2.05, 4.69) is 0 Å². The van der Waals surface area contributed by atoms with Crippen molar-refractivity contribution in [2.75, 3.05) is 6.61 Å². The molecule has 0 heterocycles. The molecule has 1 aromatic rings. The quantitative estimate of drug-likeness (QED) is 0.749.